The van der Waals surface area contributed by atoms with Crippen LogP contribution in [0.2, 0.25) is 0 Å². The van der Waals surface area contributed by atoms with Gasteiger partial charge in [-0.3, -0.25) is 0 Å². The normalized spacial score (nSPS) is 12.1. The van der Waals surface area contributed by atoms with E-state index in [9.17, 15) is 19.8 Å². The summed E-state index contributed by atoms with van der Waals surface area (Å²) < 4.78 is 0. The maximum atomic E-state index is 10.9. The molecule has 0 heterocycles. The monoisotopic (exact) mass is 290 g/mol. The van der Waals surface area contributed by atoms with Gasteiger partial charge in [0.05, 0.1) is 11.9 Å². The molecule has 4 nitrogen and oxygen atoms in total. The van der Waals surface area contributed by atoms with E-state index in [4.69, 9.17) is 0 Å². The molecule has 0 amide bonds. The summed E-state index contributed by atoms with van der Waals surface area (Å²) in [5, 5.41) is 21.8. The summed E-state index contributed by atoms with van der Waals surface area (Å²) in [5.74, 6) is -2.69. The number of hydrogen-bond donors (Lipinski definition) is 0. The van der Waals surface area contributed by atoms with E-state index in [1.165, 1.54) is 0 Å². The zero-order valence-electron chi connectivity index (χ0n) is 10.9. The predicted molar refractivity (Wildman–Crippen MR) is 56.0 cm³/mol. The van der Waals surface area contributed by atoms with Crippen molar-refractivity contribution in [2.24, 2.45) is 11.8 Å². The van der Waals surface area contributed by atoms with Gasteiger partial charge >= 0.3 is 19.5 Å². The molecule has 0 aliphatic carbocycles. The minimum absolute atomic E-state index is 0. The van der Waals surface area contributed by atoms with Crippen LogP contribution in [0.3, 0.4) is 0 Å². The summed E-state index contributed by atoms with van der Waals surface area (Å²) in [5.41, 5.74) is -0.271. The number of carboxylic acids is 2. The van der Waals surface area contributed by atoms with Crippen molar-refractivity contribution in [1.82, 2.24) is 0 Å². The molecule has 0 radical (unpaired) electrons. The van der Waals surface area contributed by atoms with E-state index in [1.54, 1.807) is 0 Å². The third-order valence-corrected chi connectivity index (χ3v) is 2.08. The van der Waals surface area contributed by atoms with E-state index in [0.717, 1.165) is 0 Å². The number of aliphatic carboxylic acids is 2. The van der Waals surface area contributed by atoms with Crippen LogP contribution < -0.4 is 10.2 Å². The van der Waals surface area contributed by atoms with Crippen LogP contribution in [0.5, 0.6) is 0 Å². The van der Waals surface area contributed by atoms with Crippen LogP contribution in [0.15, 0.2) is 11.1 Å². The van der Waals surface area contributed by atoms with Gasteiger partial charge in [0.25, 0.3) is 0 Å². The molecule has 0 N–H and O–H groups in total. The number of hydrogen-bond acceptors (Lipinski definition) is 4. The second kappa shape index (κ2) is 8.40. The van der Waals surface area contributed by atoms with Gasteiger partial charge in [-0.15, -0.1) is 0 Å². The van der Waals surface area contributed by atoms with Gasteiger partial charge in [-0.25, -0.2) is 0 Å². The van der Waals surface area contributed by atoms with Gasteiger partial charge < -0.3 is 19.8 Å². The molecule has 0 aliphatic rings. The average Bonchev–Trinajstić information content (AvgIpc) is 2.09. The Morgan fingerprint density at radius 2 is 1.06 bits per heavy atom. The zero-order valence-corrected chi connectivity index (χ0v) is 13.9. The average molecular weight is 292 g/mol. The van der Waals surface area contributed by atoms with Crippen molar-refractivity contribution in [3.05, 3.63) is 11.1 Å². The molecule has 5 heteroatoms. The molecule has 0 spiro atoms. The van der Waals surface area contributed by atoms with Crippen molar-refractivity contribution in [1.29, 1.82) is 0 Å². The first kappa shape index (κ1) is 18.7. The van der Waals surface area contributed by atoms with Crippen molar-refractivity contribution in [3.8, 4) is 0 Å². The fourth-order valence-electron chi connectivity index (χ4n) is 1.48. The van der Waals surface area contributed by atoms with Crippen LogP contribution >= 0.6 is 0 Å². The molecule has 17 heavy (non-hydrogen) atoms. The number of carboxylic acid groups (broad SMARTS) is 2. The Morgan fingerprint density at radius 3 is 1.18 bits per heavy atom. The minimum Gasteiger partial charge on any atom is -0.545 e. The van der Waals surface area contributed by atoms with Crippen molar-refractivity contribution < 1.29 is 39.3 Å². The molecule has 0 saturated heterocycles. The van der Waals surface area contributed by atoms with Crippen LogP contribution in [0.1, 0.15) is 40.5 Å². The van der Waals surface area contributed by atoms with Gasteiger partial charge in [-0.05, 0) is 35.8 Å². The Labute approximate surface area is 115 Å². The quantitative estimate of drug-likeness (QED) is 0.504. The fourth-order valence-corrected chi connectivity index (χ4v) is 1.48. The van der Waals surface area contributed by atoms with Gasteiger partial charge in [0.1, 0.15) is 0 Å². The molecule has 0 saturated carbocycles. The molecule has 0 bridgehead atoms. The molecule has 0 rings (SSSR count). The first-order valence-electron chi connectivity index (χ1n) is 5.40. The van der Waals surface area contributed by atoms with Gasteiger partial charge in [0.2, 0.25) is 0 Å². The van der Waals surface area contributed by atoms with Crippen molar-refractivity contribution in [2.75, 3.05) is 0 Å². The van der Waals surface area contributed by atoms with Crippen LogP contribution in [-0.4, -0.2) is 11.9 Å². The van der Waals surface area contributed by atoms with Gasteiger partial charge in [-0.1, -0.05) is 27.7 Å². The molecule has 0 aromatic rings. The first-order chi connectivity index (χ1) is 7.25. The second-order valence-corrected chi connectivity index (χ2v) is 4.73. The van der Waals surface area contributed by atoms with Crippen molar-refractivity contribution in [2.45, 2.75) is 40.5 Å². The van der Waals surface area contributed by atoms with Gasteiger partial charge in [0, 0.05) is 0 Å². The summed E-state index contributed by atoms with van der Waals surface area (Å²) in [6.45, 7) is 7.30. The zero-order chi connectivity index (χ0) is 12.9. The molecule has 0 fully saturated rings. The van der Waals surface area contributed by atoms with E-state index in [1.807, 2.05) is 27.7 Å². The number of carbonyl (C=O) groups excluding carboxylic acids is 2. The molecule has 0 atom stereocenters. The summed E-state index contributed by atoms with van der Waals surface area (Å²) in [6, 6.07) is 0. The topological polar surface area (TPSA) is 80.3 Å². The Bertz CT molecular complexity index is 276. The maximum absolute atomic E-state index is 10.9. The summed E-state index contributed by atoms with van der Waals surface area (Å²) in [7, 11) is 0. The predicted octanol–water partition coefficient (Wildman–Crippen LogP) is -0.127. The van der Waals surface area contributed by atoms with E-state index < -0.39 is 11.9 Å². The van der Waals surface area contributed by atoms with Crippen molar-refractivity contribution in [3.63, 3.8) is 0 Å². The van der Waals surface area contributed by atoms with E-state index in [0.29, 0.717) is 0 Å². The third kappa shape index (κ3) is 7.27. The molecule has 0 aromatic heterocycles. The van der Waals surface area contributed by atoms with Gasteiger partial charge in [0.15, 0.2) is 0 Å². The van der Waals surface area contributed by atoms with Crippen LogP contribution in [0, 0.1) is 11.8 Å². The molecule has 0 aromatic carbocycles. The Kier molecular flexibility index (Phi) is 9.22. The molecule has 92 valence electrons. The second-order valence-electron chi connectivity index (χ2n) is 4.73. The SMILES string of the molecule is CC(C)CC(C(=O)[O-])=C(CC(C)C)C(=O)[O-].[Zn+2]. The molecular formula is C12H18O4Zn. The van der Waals surface area contributed by atoms with E-state index in [-0.39, 0.29) is 55.3 Å². The first-order valence-corrected chi connectivity index (χ1v) is 5.40. The minimum atomic E-state index is -1.41. The van der Waals surface area contributed by atoms with E-state index in [2.05, 4.69) is 0 Å². The molecule has 0 unspecified atom stereocenters. The summed E-state index contributed by atoms with van der Waals surface area (Å²) in [4.78, 5) is 21.8. The number of rotatable bonds is 6. The summed E-state index contributed by atoms with van der Waals surface area (Å²) in [6.07, 6.45) is 0.386. The van der Waals surface area contributed by atoms with Crippen LogP contribution in [0.4, 0.5) is 0 Å². The van der Waals surface area contributed by atoms with Gasteiger partial charge in [-0.2, -0.15) is 0 Å². The summed E-state index contributed by atoms with van der Waals surface area (Å²) >= 11 is 0. The fraction of sp³-hybridized carbons (Fsp3) is 0.667. The van der Waals surface area contributed by atoms with Crippen LogP contribution in [-0.2, 0) is 29.1 Å². The third-order valence-electron chi connectivity index (χ3n) is 2.08. The Hall–Kier alpha value is -0.697. The maximum Gasteiger partial charge on any atom is 2.00 e. The van der Waals surface area contributed by atoms with Crippen molar-refractivity contribution >= 4 is 11.9 Å². The smallest absolute Gasteiger partial charge is 0.545 e. The molecular weight excluding hydrogens is 274 g/mol. The molecule has 0 aliphatic heterocycles. The number of carbonyl (C=O) groups is 2. The Balaban J connectivity index is 0. The standard InChI is InChI=1S/C12H20O4.Zn/c1-7(2)5-9(11(13)14)10(12(15)16)6-8(3)4;/h7-8H,5-6H2,1-4H3,(H,13,14)(H,15,16);/q;+2/p-2. The largest absolute Gasteiger partial charge is 2.00 e. The van der Waals surface area contributed by atoms with Crippen LogP contribution in [0.25, 0.3) is 0 Å². The van der Waals surface area contributed by atoms with E-state index >= 15 is 0 Å². The Morgan fingerprint density at radius 1 is 0.824 bits per heavy atom.